The number of ether oxygens (including phenoxy) is 1. The average Bonchev–Trinajstić information content (AvgIpc) is 2.82. The number of carbonyl (C=O) groups is 1. The molecular weight excluding hydrogens is 404 g/mol. The van der Waals surface area contributed by atoms with Crippen LogP contribution in [0.4, 0.5) is 0 Å². The highest BCUT2D eigenvalue weighted by Gasteiger charge is 2.22. The first-order valence-electron chi connectivity index (χ1n) is 11.1. The Morgan fingerprint density at radius 3 is 2.12 bits per heavy atom. The molecular formula is C25H34N4O3. The van der Waals surface area contributed by atoms with Crippen LogP contribution in [0.15, 0.2) is 55.1 Å². The third-order valence-corrected chi connectivity index (χ3v) is 5.79. The van der Waals surface area contributed by atoms with Gasteiger partial charge < -0.3 is 15.8 Å². The predicted octanol–water partition coefficient (Wildman–Crippen LogP) is 2.09. The van der Waals surface area contributed by atoms with E-state index in [1.165, 1.54) is 16.7 Å². The molecule has 3 rings (SSSR count). The van der Waals surface area contributed by atoms with E-state index >= 15 is 0 Å². The van der Waals surface area contributed by atoms with Crippen molar-refractivity contribution in [2.45, 2.75) is 38.4 Å². The van der Waals surface area contributed by atoms with Crippen LogP contribution < -0.4 is 16.5 Å². The Bertz CT molecular complexity index is 875. The first kappa shape index (κ1) is 23.9. The normalized spacial score (nSPS) is 16.2. The summed E-state index contributed by atoms with van der Waals surface area (Å²) in [4.78, 5) is 14.2. The van der Waals surface area contributed by atoms with Crippen LogP contribution in [0.1, 0.15) is 29.2 Å². The maximum Gasteiger partial charge on any atom is 0.267 e. The maximum absolute atomic E-state index is 11.8. The number of nitrogens with zero attached hydrogens (tertiary/aromatic N) is 1. The van der Waals surface area contributed by atoms with Crippen molar-refractivity contribution in [2.75, 3.05) is 26.3 Å². The van der Waals surface area contributed by atoms with Crippen molar-refractivity contribution in [3.05, 3.63) is 77.4 Å². The highest BCUT2D eigenvalue weighted by atomic mass is 16.5. The Kier molecular flexibility index (Phi) is 8.81. The summed E-state index contributed by atoms with van der Waals surface area (Å²) in [7, 11) is 0. The van der Waals surface area contributed by atoms with E-state index in [4.69, 9.17) is 15.7 Å². The van der Waals surface area contributed by atoms with E-state index in [0.717, 1.165) is 51.3 Å². The fourth-order valence-electron chi connectivity index (χ4n) is 3.77. The number of nitrogens with two attached hydrogens (primary N) is 1. The van der Waals surface area contributed by atoms with Crippen LogP contribution in [0.5, 0.6) is 0 Å². The van der Waals surface area contributed by atoms with Crippen molar-refractivity contribution < 1.29 is 14.7 Å². The molecule has 2 atom stereocenters. The Hall–Kier alpha value is -2.71. The summed E-state index contributed by atoms with van der Waals surface area (Å²) in [5, 5.41) is 11.9. The lowest BCUT2D eigenvalue weighted by atomic mass is 10.0. The third kappa shape index (κ3) is 6.90. The van der Waals surface area contributed by atoms with E-state index in [9.17, 15) is 4.79 Å². The predicted molar refractivity (Wildman–Crippen MR) is 126 cm³/mol. The number of rotatable bonds is 10. The minimum Gasteiger partial charge on any atom is -0.379 e. The van der Waals surface area contributed by atoms with Gasteiger partial charge in [-0.25, -0.2) is 5.48 Å². The number of morpholine rings is 1. The number of carbonyl (C=O) groups excluding carboxylic acids is 1. The lowest BCUT2D eigenvalue weighted by Crippen LogP contribution is -2.52. The van der Waals surface area contributed by atoms with Crippen molar-refractivity contribution in [2.24, 2.45) is 5.73 Å². The molecule has 0 aromatic heterocycles. The van der Waals surface area contributed by atoms with Crippen molar-refractivity contribution >= 4 is 11.6 Å². The number of hydroxylamine groups is 1. The Labute approximate surface area is 190 Å². The number of amides is 1. The second-order valence-corrected chi connectivity index (χ2v) is 8.34. The summed E-state index contributed by atoms with van der Waals surface area (Å²) >= 11 is 0. The van der Waals surface area contributed by atoms with Crippen LogP contribution in [-0.4, -0.2) is 54.4 Å². The molecule has 0 aliphatic carbocycles. The van der Waals surface area contributed by atoms with Crippen LogP contribution in [0.3, 0.4) is 0 Å². The lowest BCUT2D eigenvalue weighted by Gasteiger charge is -2.26. The van der Waals surface area contributed by atoms with Gasteiger partial charge in [0.05, 0.1) is 13.2 Å². The molecule has 32 heavy (non-hydrogen) atoms. The number of nitrogens with one attached hydrogen (secondary N) is 2. The molecule has 172 valence electrons. The molecule has 2 aromatic carbocycles. The first-order chi connectivity index (χ1) is 15.5. The summed E-state index contributed by atoms with van der Waals surface area (Å²) < 4.78 is 5.41. The summed E-state index contributed by atoms with van der Waals surface area (Å²) in [6, 6.07) is 15.7. The van der Waals surface area contributed by atoms with Gasteiger partial charge in [-0.15, -0.1) is 0 Å². The zero-order valence-corrected chi connectivity index (χ0v) is 18.7. The first-order valence-corrected chi connectivity index (χ1v) is 11.1. The topological polar surface area (TPSA) is 99.8 Å². The van der Waals surface area contributed by atoms with Gasteiger partial charge in [0.2, 0.25) is 0 Å². The molecule has 0 saturated carbocycles. The van der Waals surface area contributed by atoms with Gasteiger partial charge in [0, 0.05) is 31.4 Å². The zero-order valence-electron chi connectivity index (χ0n) is 18.7. The van der Waals surface area contributed by atoms with Crippen LogP contribution in [0.2, 0.25) is 0 Å². The number of aryl methyl sites for hydroxylation is 2. The number of benzene rings is 2. The molecule has 0 radical (unpaired) electrons. The molecule has 7 heteroatoms. The van der Waals surface area contributed by atoms with Crippen molar-refractivity contribution in [1.82, 2.24) is 15.7 Å². The lowest BCUT2D eigenvalue weighted by molar-refractivity contribution is -0.131. The van der Waals surface area contributed by atoms with Crippen molar-refractivity contribution in [1.29, 1.82) is 0 Å². The van der Waals surface area contributed by atoms with E-state index in [0.29, 0.717) is 5.70 Å². The van der Waals surface area contributed by atoms with E-state index in [-0.39, 0.29) is 0 Å². The smallest absolute Gasteiger partial charge is 0.267 e. The summed E-state index contributed by atoms with van der Waals surface area (Å²) in [6.45, 7) is 10.3. The zero-order chi connectivity index (χ0) is 22.9. The Morgan fingerprint density at radius 2 is 1.59 bits per heavy atom. The summed E-state index contributed by atoms with van der Waals surface area (Å²) in [5.74, 6) is -0.589. The van der Waals surface area contributed by atoms with Gasteiger partial charge in [0.15, 0.2) is 0 Å². The van der Waals surface area contributed by atoms with Gasteiger partial charge in [0.25, 0.3) is 5.91 Å². The average molecular weight is 439 g/mol. The van der Waals surface area contributed by atoms with E-state index < -0.39 is 18.0 Å². The minimum atomic E-state index is -0.765. The molecule has 1 fully saturated rings. The van der Waals surface area contributed by atoms with Crippen molar-refractivity contribution in [3.8, 4) is 0 Å². The second kappa shape index (κ2) is 11.8. The van der Waals surface area contributed by atoms with Gasteiger partial charge in [0.1, 0.15) is 6.04 Å². The number of hydrogen-bond donors (Lipinski definition) is 4. The number of hydrogen-bond acceptors (Lipinski definition) is 6. The van der Waals surface area contributed by atoms with Gasteiger partial charge in [-0.05, 0) is 42.0 Å². The highest BCUT2D eigenvalue weighted by molar-refractivity contribution is 5.83. The molecule has 1 heterocycles. The summed E-state index contributed by atoms with van der Waals surface area (Å²) in [6.07, 6.45) is 1.91. The van der Waals surface area contributed by atoms with Gasteiger partial charge in [-0.3, -0.25) is 14.9 Å². The standard InChI is InChI=1S/C25H34N4O3/c1-18(26)24(25(30)28-31)27-19(2)23-11-9-21(10-12-23)4-3-20-5-7-22(8-6-20)17-29-13-15-32-16-14-29/h5-12,18,24,27,31H,2-4,13-17,26H2,1H3,(H,28,30)/t18-,24+/m1/s1. The van der Waals surface area contributed by atoms with Gasteiger partial charge in [-0.1, -0.05) is 55.1 Å². The second-order valence-electron chi connectivity index (χ2n) is 8.34. The Balaban J connectivity index is 1.50. The summed E-state index contributed by atoms with van der Waals surface area (Å²) in [5.41, 5.74) is 12.8. The SMILES string of the molecule is C=C(N[C@H](C(=O)NO)[C@@H](C)N)c1ccc(CCc2ccc(CN3CCOCC3)cc2)cc1. The fraction of sp³-hybridized carbons (Fsp3) is 0.400. The van der Waals surface area contributed by atoms with Crippen LogP contribution in [0, 0.1) is 0 Å². The van der Waals surface area contributed by atoms with E-state index in [2.05, 4.69) is 53.2 Å². The molecule has 1 aliphatic rings. The van der Waals surface area contributed by atoms with Crippen LogP contribution in [-0.2, 0) is 28.9 Å². The molecule has 1 aliphatic heterocycles. The monoisotopic (exact) mass is 438 g/mol. The van der Waals surface area contributed by atoms with Crippen LogP contribution in [0.25, 0.3) is 5.70 Å². The van der Waals surface area contributed by atoms with Gasteiger partial charge >= 0.3 is 0 Å². The molecule has 0 spiro atoms. The van der Waals surface area contributed by atoms with E-state index in [1.54, 1.807) is 12.4 Å². The molecule has 0 unspecified atom stereocenters. The molecule has 0 bridgehead atoms. The highest BCUT2D eigenvalue weighted by Crippen LogP contribution is 2.15. The molecule has 7 nitrogen and oxygen atoms in total. The van der Waals surface area contributed by atoms with E-state index in [1.807, 2.05) is 12.1 Å². The molecule has 1 amide bonds. The quantitative estimate of drug-likeness (QED) is 0.335. The van der Waals surface area contributed by atoms with Crippen LogP contribution >= 0.6 is 0 Å². The third-order valence-electron chi connectivity index (χ3n) is 5.79. The fourth-order valence-corrected chi connectivity index (χ4v) is 3.77. The maximum atomic E-state index is 11.8. The molecule has 2 aromatic rings. The largest absolute Gasteiger partial charge is 0.379 e. The van der Waals surface area contributed by atoms with Gasteiger partial charge in [-0.2, -0.15) is 0 Å². The van der Waals surface area contributed by atoms with Crippen molar-refractivity contribution in [3.63, 3.8) is 0 Å². The Morgan fingerprint density at radius 1 is 1.06 bits per heavy atom. The minimum absolute atomic E-state index is 0.488. The molecule has 1 saturated heterocycles. The molecule has 5 N–H and O–H groups in total.